The Morgan fingerprint density at radius 2 is 1.39 bits per heavy atom. The molecule has 0 bridgehead atoms. The van der Waals surface area contributed by atoms with Crippen LogP contribution in [0.3, 0.4) is 0 Å². The van der Waals surface area contributed by atoms with Crippen molar-refractivity contribution in [1.29, 1.82) is 0 Å². The predicted octanol–water partition coefficient (Wildman–Crippen LogP) is 3.79. The van der Waals surface area contributed by atoms with Gasteiger partial charge >= 0.3 is 5.69 Å². The number of hydrogen-bond donors (Lipinski definition) is 1. The maximum Gasteiger partial charge on any atom is 0.328 e. The predicted molar refractivity (Wildman–Crippen MR) is 114 cm³/mol. The molecule has 7 heteroatoms. The molecule has 0 saturated carbocycles. The van der Waals surface area contributed by atoms with Crippen LogP contribution in [-0.2, 0) is 18.3 Å². The lowest BCUT2D eigenvalue weighted by Crippen LogP contribution is -2.30. The Morgan fingerprint density at radius 1 is 0.871 bits per heavy atom. The van der Waals surface area contributed by atoms with E-state index >= 15 is 0 Å². The van der Waals surface area contributed by atoms with E-state index in [1.54, 1.807) is 31.3 Å². The fourth-order valence-corrected chi connectivity index (χ4v) is 3.67. The van der Waals surface area contributed by atoms with Gasteiger partial charge in [0.2, 0.25) is 0 Å². The Balaban J connectivity index is 1.54. The lowest BCUT2D eigenvalue weighted by Gasteiger charge is -2.21. The number of para-hydroxylation sites is 2. The first-order chi connectivity index (χ1) is 14.9. The standard InChI is InChI=1S/C24H22F2N2O3/c1-27-21-4-2-3-5-22(21)28(24(27)30)14-20(29)15-31-23(16-6-10-18(25)11-7-16)17-8-12-19(26)13-9-17/h2-13,20,23,29H,14-15H2,1H3. The highest BCUT2D eigenvalue weighted by atomic mass is 19.1. The van der Waals surface area contributed by atoms with Crippen LogP contribution in [0.15, 0.2) is 77.6 Å². The van der Waals surface area contributed by atoms with Gasteiger partial charge in [-0.15, -0.1) is 0 Å². The third kappa shape index (κ3) is 4.42. The molecule has 0 aliphatic carbocycles. The molecule has 0 aliphatic rings. The molecule has 0 saturated heterocycles. The largest absolute Gasteiger partial charge is 0.389 e. The van der Waals surface area contributed by atoms with Crippen LogP contribution in [0.4, 0.5) is 8.78 Å². The van der Waals surface area contributed by atoms with Crippen LogP contribution in [-0.4, -0.2) is 27.0 Å². The van der Waals surface area contributed by atoms with Gasteiger partial charge in [0.25, 0.3) is 0 Å². The van der Waals surface area contributed by atoms with E-state index in [1.165, 1.54) is 33.4 Å². The number of halogens is 2. The molecule has 1 unspecified atom stereocenters. The zero-order chi connectivity index (χ0) is 22.0. The number of nitrogens with zero attached hydrogens (tertiary/aromatic N) is 2. The first-order valence-electron chi connectivity index (χ1n) is 9.89. The highest BCUT2D eigenvalue weighted by Crippen LogP contribution is 2.27. The van der Waals surface area contributed by atoms with Gasteiger partial charge in [-0.25, -0.2) is 13.6 Å². The maximum atomic E-state index is 13.4. The Labute approximate surface area is 177 Å². The van der Waals surface area contributed by atoms with Crippen LogP contribution in [0, 0.1) is 11.6 Å². The Bertz CT molecular complexity index is 1190. The van der Waals surface area contributed by atoms with Crippen molar-refractivity contribution in [3.8, 4) is 0 Å². The zero-order valence-electron chi connectivity index (χ0n) is 16.9. The van der Waals surface area contributed by atoms with Crippen molar-refractivity contribution in [2.75, 3.05) is 6.61 Å². The summed E-state index contributed by atoms with van der Waals surface area (Å²) in [5, 5.41) is 10.6. The van der Waals surface area contributed by atoms with Crippen molar-refractivity contribution in [1.82, 2.24) is 9.13 Å². The van der Waals surface area contributed by atoms with Gasteiger partial charge in [0.05, 0.1) is 30.3 Å². The number of aromatic nitrogens is 2. The van der Waals surface area contributed by atoms with Gasteiger partial charge < -0.3 is 9.84 Å². The molecule has 0 aliphatic heterocycles. The van der Waals surface area contributed by atoms with E-state index in [0.717, 1.165) is 11.0 Å². The monoisotopic (exact) mass is 424 g/mol. The maximum absolute atomic E-state index is 13.4. The summed E-state index contributed by atoms with van der Waals surface area (Å²) in [4.78, 5) is 12.6. The van der Waals surface area contributed by atoms with Crippen LogP contribution in [0.25, 0.3) is 11.0 Å². The average Bonchev–Trinajstić information content (AvgIpc) is 3.01. The third-order valence-electron chi connectivity index (χ3n) is 5.25. The number of aliphatic hydroxyl groups excluding tert-OH is 1. The average molecular weight is 424 g/mol. The summed E-state index contributed by atoms with van der Waals surface area (Å²) in [6, 6.07) is 19.0. The third-order valence-corrected chi connectivity index (χ3v) is 5.25. The van der Waals surface area contributed by atoms with Gasteiger partial charge in [0, 0.05) is 7.05 Å². The van der Waals surface area contributed by atoms with Crippen LogP contribution < -0.4 is 5.69 Å². The van der Waals surface area contributed by atoms with E-state index in [-0.39, 0.29) is 30.5 Å². The fraction of sp³-hybridized carbons (Fsp3) is 0.208. The smallest absolute Gasteiger partial charge is 0.328 e. The second-order valence-corrected chi connectivity index (χ2v) is 7.41. The van der Waals surface area contributed by atoms with Gasteiger partial charge in [0.1, 0.15) is 17.7 Å². The van der Waals surface area contributed by atoms with Crippen LogP contribution >= 0.6 is 0 Å². The van der Waals surface area contributed by atoms with Gasteiger partial charge in [-0.1, -0.05) is 36.4 Å². The van der Waals surface area contributed by atoms with Crippen molar-refractivity contribution in [2.24, 2.45) is 7.05 Å². The second-order valence-electron chi connectivity index (χ2n) is 7.41. The first-order valence-corrected chi connectivity index (χ1v) is 9.89. The molecule has 0 radical (unpaired) electrons. The Kier molecular flexibility index (Phi) is 5.97. The van der Waals surface area contributed by atoms with Crippen molar-refractivity contribution in [2.45, 2.75) is 18.8 Å². The first kappa shape index (κ1) is 21.0. The zero-order valence-corrected chi connectivity index (χ0v) is 16.9. The lowest BCUT2D eigenvalue weighted by atomic mass is 10.0. The molecule has 1 heterocycles. The number of aliphatic hydroxyl groups is 1. The number of hydrogen-bond acceptors (Lipinski definition) is 3. The SMILES string of the molecule is Cn1c(=O)n(CC(O)COC(c2ccc(F)cc2)c2ccc(F)cc2)c2ccccc21. The van der Waals surface area contributed by atoms with Crippen molar-refractivity contribution in [3.63, 3.8) is 0 Å². The molecular weight excluding hydrogens is 402 g/mol. The fourth-order valence-electron chi connectivity index (χ4n) is 3.67. The second kappa shape index (κ2) is 8.83. The van der Waals surface area contributed by atoms with E-state index in [9.17, 15) is 18.7 Å². The molecule has 0 fully saturated rings. The molecular formula is C24H22F2N2O3. The van der Waals surface area contributed by atoms with Crippen molar-refractivity contribution < 1.29 is 18.6 Å². The molecule has 5 nitrogen and oxygen atoms in total. The highest BCUT2D eigenvalue weighted by Gasteiger charge is 2.19. The topological polar surface area (TPSA) is 56.4 Å². The minimum atomic E-state index is -0.966. The van der Waals surface area contributed by atoms with Gasteiger partial charge in [0.15, 0.2) is 0 Å². The quantitative estimate of drug-likeness (QED) is 0.491. The Morgan fingerprint density at radius 3 is 1.94 bits per heavy atom. The van der Waals surface area contributed by atoms with Gasteiger partial charge in [-0.2, -0.15) is 0 Å². The Hall–Kier alpha value is -3.29. The van der Waals surface area contributed by atoms with E-state index in [1.807, 2.05) is 24.3 Å². The molecule has 0 spiro atoms. The molecule has 0 amide bonds. The normalized spacial score (nSPS) is 12.5. The number of rotatable bonds is 7. The minimum absolute atomic E-state index is 0.0553. The highest BCUT2D eigenvalue weighted by molar-refractivity contribution is 5.75. The van der Waals surface area contributed by atoms with E-state index in [4.69, 9.17) is 4.74 Å². The number of aryl methyl sites for hydroxylation is 1. The summed E-state index contributed by atoms with van der Waals surface area (Å²) in [5.41, 5.74) is 2.61. The summed E-state index contributed by atoms with van der Waals surface area (Å²) in [6.07, 6.45) is -1.59. The van der Waals surface area contributed by atoms with E-state index < -0.39 is 12.2 Å². The van der Waals surface area contributed by atoms with Crippen molar-refractivity contribution >= 4 is 11.0 Å². The summed E-state index contributed by atoms with van der Waals surface area (Å²) >= 11 is 0. The van der Waals surface area contributed by atoms with Gasteiger partial charge in [-0.05, 0) is 47.5 Å². The number of imidazole rings is 1. The molecule has 1 atom stereocenters. The van der Waals surface area contributed by atoms with Crippen molar-refractivity contribution in [3.05, 3.63) is 106 Å². The summed E-state index contributed by atoms with van der Waals surface area (Å²) < 4.78 is 35.7. The number of ether oxygens (including phenoxy) is 1. The van der Waals surface area contributed by atoms with Crippen LogP contribution in [0.1, 0.15) is 17.2 Å². The van der Waals surface area contributed by atoms with E-state index in [0.29, 0.717) is 11.1 Å². The molecule has 31 heavy (non-hydrogen) atoms. The molecule has 1 aromatic heterocycles. The minimum Gasteiger partial charge on any atom is -0.389 e. The number of fused-ring (bicyclic) bond motifs is 1. The molecule has 4 rings (SSSR count). The summed E-state index contributed by atoms with van der Waals surface area (Å²) in [7, 11) is 1.68. The van der Waals surface area contributed by atoms with Crippen LogP contribution in [0.2, 0.25) is 0 Å². The summed E-state index contributed by atoms with van der Waals surface area (Å²) in [6.45, 7) is -0.0190. The van der Waals surface area contributed by atoms with Crippen LogP contribution in [0.5, 0.6) is 0 Å². The number of benzene rings is 3. The molecule has 160 valence electrons. The molecule has 1 N–H and O–H groups in total. The van der Waals surface area contributed by atoms with Gasteiger partial charge in [-0.3, -0.25) is 9.13 Å². The molecule has 4 aromatic rings. The lowest BCUT2D eigenvalue weighted by molar-refractivity contribution is -0.000569. The molecule has 3 aromatic carbocycles. The summed E-state index contributed by atoms with van der Waals surface area (Å²) in [5.74, 6) is -0.756. The van der Waals surface area contributed by atoms with E-state index in [2.05, 4.69) is 0 Å².